The molecule has 0 aliphatic carbocycles. The van der Waals surface area contributed by atoms with Crippen LogP contribution in [0.2, 0.25) is 0 Å². The molecule has 6 aliphatic rings. The minimum absolute atomic E-state index is 0.0164. The van der Waals surface area contributed by atoms with Crippen LogP contribution in [0.25, 0.3) is 10.8 Å². The van der Waals surface area contributed by atoms with Gasteiger partial charge in [-0.2, -0.15) is 0 Å². The molecule has 6 aliphatic heterocycles. The largest absolute Gasteiger partial charge is 0.507 e. The van der Waals surface area contributed by atoms with Crippen molar-refractivity contribution in [1.29, 1.82) is 0 Å². The number of Topliss-reactive ketones (excluding diaryl/α,β-unsaturated/α-hetero) is 1. The first-order valence-electron chi connectivity index (χ1n) is 23.9. The third-order valence-corrected chi connectivity index (χ3v) is 14.4. The number of carboxylic acid groups (broad SMARTS) is 1. The smallest absolute Gasteiger partial charge is 0.336 e. The van der Waals surface area contributed by atoms with Crippen molar-refractivity contribution in [1.82, 2.24) is 4.90 Å². The molecule has 1 spiro atoms. The molecule has 4 N–H and O–H groups in total. The van der Waals surface area contributed by atoms with Gasteiger partial charge in [-0.15, -0.1) is 0 Å². The summed E-state index contributed by atoms with van der Waals surface area (Å²) in [5, 5.41) is 37.6. The highest BCUT2D eigenvalue weighted by Gasteiger charge is 2.53. The Bertz CT molecular complexity index is 2650. The summed E-state index contributed by atoms with van der Waals surface area (Å²) in [5.74, 6) is -10.8. The Kier molecular flexibility index (Phi) is 14.3. The van der Waals surface area contributed by atoms with Crippen molar-refractivity contribution in [3.05, 3.63) is 70.6 Å². The molecule has 374 valence electrons. The number of carbonyl (C=O) groups excluding carboxylic acids is 3. The van der Waals surface area contributed by atoms with E-state index < -0.39 is 94.5 Å². The number of aromatic hydroxyl groups is 2. The molecule has 7 bridgehead atoms. The second kappa shape index (κ2) is 19.3. The van der Waals surface area contributed by atoms with Gasteiger partial charge in [0.1, 0.15) is 34.0 Å². The normalized spacial score (nSPS) is 32.2. The highest BCUT2D eigenvalue weighted by molar-refractivity contribution is 6.22. The Morgan fingerprint density at radius 2 is 1.64 bits per heavy atom. The molecule has 2 fully saturated rings. The summed E-state index contributed by atoms with van der Waals surface area (Å²) in [6.07, 6.45) is 7.45. The molecule has 1 unspecified atom stereocenters. The van der Waals surface area contributed by atoms with Gasteiger partial charge in [0, 0.05) is 85.9 Å². The standard InChI is InChI=1S/C52H68N4O13/c1-14-52-46(59)36-34-35(40(57)29(7)45(36)69-52)41(58)39(38-37(34)54-51(55-38)19-21-56(22-20-51)24-25(2)3)53-47(60)27(5)17-15-16-26(4)42-30(8)44(68-50(11,12)67-42)31(9)43(66-49(63)32(10)48(61)62)28(6)33(64-13)18-23-65-52/h14-18,23,25-26,28,30-33,42-44,54,57-58H,1,19-22,24H2,2-13H3,(H,61,62)/b16-15+,23-18+,27-17-,53-39?/t26-,28+,30+,31-,32?,33-,42-,43+,44+,52-/m0/s1. The number of rotatable bonds is 7. The van der Waals surface area contributed by atoms with E-state index in [0.29, 0.717) is 37.5 Å². The number of hydrogen-bond acceptors (Lipinski definition) is 15. The van der Waals surface area contributed by atoms with Crippen molar-refractivity contribution in [2.24, 2.45) is 45.5 Å². The van der Waals surface area contributed by atoms with E-state index in [9.17, 15) is 29.7 Å². The van der Waals surface area contributed by atoms with Crippen LogP contribution in [0.15, 0.2) is 58.8 Å². The number of likely N-dealkylation sites (tertiary alicyclic amines) is 1. The molecule has 69 heavy (non-hydrogen) atoms. The lowest BCUT2D eigenvalue weighted by molar-refractivity contribution is -0.336. The Labute approximate surface area is 402 Å². The van der Waals surface area contributed by atoms with E-state index in [4.69, 9.17) is 33.4 Å². The molecule has 17 heteroatoms. The minimum Gasteiger partial charge on any atom is -0.507 e. The van der Waals surface area contributed by atoms with Crippen LogP contribution in [0.4, 0.5) is 5.69 Å². The molecular formula is C52H68N4O13. The van der Waals surface area contributed by atoms with E-state index in [-0.39, 0.29) is 55.8 Å². The SMILES string of the molecule is C=C[C@@]12O/C=C/[C@H](OC)[C@@H](C)[C@@H](OC(=O)C(C)C(=O)O)[C@H](C)[C@@H]3OC(C)(C)O[C@H]([C@H]3C)[C@@H](C)/C=C/C=C(/C)C(=O)N=c3c(O)c4c(O)c(C)c(c(c4c4c3=NC3(CCN(CC(C)C)CC3)N4)C1=O)O2. The van der Waals surface area contributed by atoms with Crippen molar-refractivity contribution >= 4 is 40.1 Å². The monoisotopic (exact) mass is 956 g/mol. The Hall–Kier alpha value is -5.62. The molecule has 0 radical (unpaired) electrons. The van der Waals surface area contributed by atoms with E-state index >= 15 is 4.79 Å². The Balaban J connectivity index is 1.42. The van der Waals surface area contributed by atoms with E-state index in [0.717, 1.165) is 6.54 Å². The number of piperidine rings is 1. The lowest BCUT2D eigenvalue weighted by Gasteiger charge is -2.50. The van der Waals surface area contributed by atoms with Crippen LogP contribution in [0.1, 0.15) is 98.0 Å². The number of anilines is 1. The number of ketones is 1. The number of carboxylic acids is 1. The maximum absolute atomic E-state index is 15.1. The average molecular weight is 957 g/mol. The number of aliphatic carboxylic acids is 1. The number of fused-ring (bicyclic) bond motifs is 9. The molecule has 2 aromatic carbocycles. The predicted molar refractivity (Wildman–Crippen MR) is 255 cm³/mol. The van der Waals surface area contributed by atoms with Crippen LogP contribution in [0.3, 0.4) is 0 Å². The maximum Gasteiger partial charge on any atom is 0.336 e. The van der Waals surface area contributed by atoms with Crippen LogP contribution in [0, 0.1) is 42.4 Å². The zero-order valence-electron chi connectivity index (χ0n) is 41.7. The summed E-state index contributed by atoms with van der Waals surface area (Å²) in [6, 6.07) is 0. The molecule has 6 heterocycles. The number of nitrogens with zero attached hydrogens (tertiary/aromatic N) is 3. The third kappa shape index (κ3) is 9.42. The van der Waals surface area contributed by atoms with Gasteiger partial charge in [0.25, 0.3) is 11.7 Å². The number of phenols is 2. The quantitative estimate of drug-likeness (QED) is 0.102. The first-order chi connectivity index (χ1) is 32.4. The third-order valence-electron chi connectivity index (χ3n) is 14.4. The topological polar surface area (TPSA) is 224 Å². The van der Waals surface area contributed by atoms with Gasteiger partial charge in [-0.25, -0.2) is 4.99 Å². The Morgan fingerprint density at radius 3 is 2.26 bits per heavy atom. The van der Waals surface area contributed by atoms with Crippen LogP contribution in [-0.4, -0.2) is 112 Å². The molecule has 0 saturated carbocycles. The number of phenolic OH excluding ortho intramolecular Hbond substituents is 2. The van der Waals surface area contributed by atoms with E-state index in [1.165, 1.54) is 39.4 Å². The van der Waals surface area contributed by atoms with Crippen molar-refractivity contribution in [2.75, 3.05) is 32.1 Å². The fourth-order valence-electron chi connectivity index (χ4n) is 10.5. The molecular weight excluding hydrogens is 889 g/mol. The van der Waals surface area contributed by atoms with Crippen LogP contribution in [-0.2, 0) is 38.1 Å². The van der Waals surface area contributed by atoms with Crippen LogP contribution >= 0.6 is 0 Å². The fraction of sp³-hybridized carbons (Fsp3) is 0.577. The second-order valence-electron chi connectivity index (χ2n) is 20.4. The van der Waals surface area contributed by atoms with Crippen molar-refractivity contribution in [3.63, 3.8) is 0 Å². The lowest BCUT2D eigenvalue weighted by atomic mass is 9.77. The van der Waals surface area contributed by atoms with Crippen LogP contribution < -0.4 is 20.8 Å². The Morgan fingerprint density at radius 1 is 0.971 bits per heavy atom. The number of benzene rings is 2. The zero-order chi connectivity index (χ0) is 50.7. The molecule has 8 rings (SSSR count). The average Bonchev–Trinajstić information content (AvgIpc) is 3.81. The van der Waals surface area contributed by atoms with Gasteiger partial charge in [-0.1, -0.05) is 66.3 Å². The van der Waals surface area contributed by atoms with Gasteiger partial charge in [0.2, 0.25) is 0 Å². The van der Waals surface area contributed by atoms with Gasteiger partial charge in [-0.3, -0.25) is 24.2 Å². The summed E-state index contributed by atoms with van der Waals surface area (Å²) in [6.45, 7) is 26.1. The molecule has 2 saturated heterocycles. The van der Waals surface area contributed by atoms with Gasteiger partial charge in [0.15, 0.2) is 17.5 Å². The number of methoxy groups -OCH3 is 1. The molecule has 17 nitrogen and oxygen atoms in total. The predicted octanol–water partition coefficient (Wildman–Crippen LogP) is 6.41. The number of carbonyl (C=O) groups is 4. The fourth-order valence-corrected chi connectivity index (χ4v) is 10.5. The molecule has 0 aromatic heterocycles. The number of esters is 1. The summed E-state index contributed by atoms with van der Waals surface area (Å²) in [4.78, 5) is 66.7. The number of ether oxygens (including phenoxy) is 6. The van der Waals surface area contributed by atoms with E-state index in [1.54, 1.807) is 39.8 Å². The first kappa shape index (κ1) is 51.2. The number of allylic oxidation sites excluding steroid dienone is 2. The van der Waals surface area contributed by atoms with E-state index in [2.05, 4.69) is 35.6 Å². The highest BCUT2D eigenvalue weighted by atomic mass is 16.7. The van der Waals surface area contributed by atoms with E-state index in [1.807, 2.05) is 26.8 Å². The lowest BCUT2D eigenvalue weighted by Crippen LogP contribution is -2.57. The van der Waals surface area contributed by atoms with Gasteiger partial charge in [0.05, 0.1) is 41.2 Å². The summed E-state index contributed by atoms with van der Waals surface area (Å²) >= 11 is 0. The maximum atomic E-state index is 15.1. The van der Waals surface area contributed by atoms with Gasteiger partial charge >= 0.3 is 17.7 Å². The number of amides is 1. The number of nitrogens with one attached hydrogen (secondary N) is 1. The van der Waals surface area contributed by atoms with Crippen molar-refractivity contribution < 1.29 is 62.9 Å². The van der Waals surface area contributed by atoms with Crippen molar-refractivity contribution in [2.45, 2.75) is 131 Å². The zero-order valence-corrected chi connectivity index (χ0v) is 41.7. The summed E-state index contributed by atoms with van der Waals surface area (Å²) in [5.41, 5.74) is -0.273. The minimum atomic E-state index is -2.19. The second-order valence-corrected chi connectivity index (χ2v) is 20.4. The summed E-state index contributed by atoms with van der Waals surface area (Å²) < 4.78 is 37.8. The highest BCUT2D eigenvalue weighted by Crippen LogP contribution is 2.52. The summed E-state index contributed by atoms with van der Waals surface area (Å²) in [7, 11) is 1.45. The van der Waals surface area contributed by atoms with Crippen LogP contribution in [0.5, 0.6) is 17.2 Å². The molecule has 1 amide bonds. The first-order valence-corrected chi connectivity index (χ1v) is 23.9. The van der Waals surface area contributed by atoms with Gasteiger partial charge < -0.3 is 54.0 Å². The molecule has 10 atom stereocenters. The van der Waals surface area contributed by atoms with Crippen molar-refractivity contribution in [3.8, 4) is 17.2 Å². The van der Waals surface area contributed by atoms with Gasteiger partial charge in [-0.05, 0) is 46.6 Å². The molecule has 2 aromatic rings. The number of hydrogen-bond donors (Lipinski definition) is 4.